The summed E-state index contributed by atoms with van der Waals surface area (Å²) in [5, 5.41) is 0. The Balaban J connectivity index is 0.00000625. The monoisotopic (exact) mass is 408 g/mol. The molecular formula is C16H25ClN2O6S. The molecular weight excluding hydrogens is 384 g/mol. The van der Waals surface area contributed by atoms with Crippen LogP contribution in [-0.4, -0.2) is 47.2 Å². The topological polar surface area (TPSA) is 125 Å². The highest BCUT2D eigenvalue weighted by molar-refractivity contribution is 7.89. The first-order chi connectivity index (χ1) is 11.8. The first kappa shape index (κ1) is 24.3. The summed E-state index contributed by atoms with van der Waals surface area (Å²) in [6.07, 6.45) is 2.31. The van der Waals surface area contributed by atoms with E-state index in [0.29, 0.717) is 6.42 Å². The quantitative estimate of drug-likeness (QED) is 0.592. The van der Waals surface area contributed by atoms with Crippen LogP contribution < -0.4 is 10.5 Å². The molecule has 0 saturated carbocycles. The van der Waals surface area contributed by atoms with Gasteiger partial charge in [0.2, 0.25) is 10.0 Å². The van der Waals surface area contributed by atoms with Crippen molar-refractivity contribution in [1.82, 2.24) is 4.72 Å². The first-order valence-electron chi connectivity index (χ1n) is 7.83. The lowest BCUT2D eigenvalue weighted by atomic mass is 10.1. The van der Waals surface area contributed by atoms with E-state index in [2.05, 4.69) is 14.2 Å². The number of carbonyl (C=O) groups is 2. The molecule has 0 fully saturated rings. The summed E-state index contributed by atoms with van der Waals surface area (Å²) in [6, 6.07) is 3.07. The Hall–Kier alpha value is -1.68. The van der Waals surface area contributed by atoms with Crippen molar-refractivity contribution in [2.24, 2.45) is 5.73 Å². The molecule has 0 amide bonds. The van der Waals surface area contributed by atoms with E-state index in [9.17, 15) is 18.0 Å². The van der Waals surface area contributed by atoms with Gasteiger partial charge in [0.05, 0.1) is 30.2 Å². The number of halogens is 1. The third-order valence-corrected chi connectivity index (χ3v) is 5.07. The largest absolute Gasteiger partial charge is 0.465 e. The zero-order valence-electron chi connectivity index (χ0n) is 15.0. The van der Waals surface area contributed by atoms with Gasteiger partial charge in [0, 0.05) is 12.6 Å². The van der Waals surface area contributed by atoms with Gasteiger partial charge >= 0.3 is 11.9 Å². The van der Waals surface area contributed by atoms with Gasteiger partial charge in [-0.2, -0.15) is 0 Å². The van der Waals surface area contributed by atoms with Crippen LogP contribution in [0.3, 0.4) is 0 Å². The number of rotatable bonds is 9. The molecule has 1 aromatic carbocycles. The number of nitrogens with one attached hydrogen (secondary N) is 1. The van der Waals surface area contributed by atoms with E-state index in [-0.39, 0.29) is 35.0 Å². The van der Waals surface area contributed by atoms with Crippen molar-refractivity contribution >= 4 is 34.4 Å². The van der Waals surface area contributed by atoms with Crippen molar-refractivity contribution in [1.29, 1.82) is 0 Å². The van der Waals surface area contributed by atoms with Gasteiger partial charge in [0.1, 0.15) is 0 Å². The molecule has 1 unspecified atom stereocenters. The zero-order chi connectivity index (χ0) is 19.0. The Labute approximate surface area is 159 Å². The van der Waals surface area contributed by atoms with Gasteiger partial charge in [0.25, 0.3) is 0 Å². The predicted molar refractivity (Wildman–Crippen MR) is 99.1 cm³/mol. The van der Waals surface area contributed by atoms with Crippen molar-refractivity contribution < 1.29 is 27.5 Å². The molecule has 0 radical (unpaired) electrons. The van der Waals surface area contributed by atoms with Crippen LogP contribution in [0.25, 0.3) is 0 Å². The molecule has 0 spiro atoms. The summed E-state index contributed by atoms with van der Waals surface area (Å²) in [4.78, 5) is 23.3. The summed E-state index contributed by atoms with van der Waals surface area (Å²) in [6.45, 7) is 2.13. The number of methoxy groups -OCH3 is 2. The Morgan fingerprint density at radius 3 is 2.00 bits per heavy atom. The van der Waals surface area contributed by atoms with E-state index in [0.717, 1.165) is 39.2 Å². The second-order valence-corrected chi connectivity index (χ2v) is 7.14. The minimum Gasteiger partial charge on any atom is -0.465 e. The van der Waals surface area contributed by atoms with E-state index in [4.69, 9.17) is 5.73 Å². The standard InChI is InChI=1S/C16H24N2O6S.ClH/c1-4-5-6-13(10-17)18-25(21,22)14-8-11(15(19)23-2)7-12(9-14)16(20)24-3;/h7-9,13,18H,4-6,10,17H2,1-3H3;1H. The highest BCUT2D eigenvalue weighted by Gasteiger charge is 2.23. The van der Waals surface area contributed by atoms with Crippen LogP contribution >= 0.6 is 12.4 Å². The van der Waals surface area contributed by atoms with E-state index in [1.807, 2.05) is 6.92 Å². The maximum atomic E-state index is 12.6. The number of benzene rings is 1. The summed E-state index contributed by atoms with van der Waals surface area (Å²) >= 11 is 0. The van der Waals surface area contributed by atoms with Crippen LogP contribution in [0.1, 0.15) is 46.9 Å². The van der Waals surface area contributed by atoms with Crippen LogP contribution in [0.2, 0.25) is 0 Å². The molecule has 26 heavy (non-hydrogen) atoms. The fourth-order valence-corrected chi connectivity index (χ4v) is 3.54. The number of carbonyl (C=O) groups excluding carboxylic acids is 2. The number of unbranched alkanes of at least 4 members (excludes halogenated alkanes) is 1. The Bertz CT molecular complexity index is 689. The lowest BCUT2D eigenvalue weighted by molar-refractivity contribution is 0.0598. The molecule has 0 aliphatic heterocycles. The second-order valence-electron chi connectivity index (χ2n) is 5.43. The molecule has 0 aliphatic rings. The number of hydrogen-bond acceptors (Lipinski definition) is 7. The molecule has 0 bridgehead atoms. The van der Waals surface area contributed by atoms with Gasteiger partial charge in [0.15, 0.2) is 0 Å². The molecule has 3 N–H and O–H groups in total. The number of esters is 2. The fourth-order valence-electron chi connectivity index (χ4n) is 2.19. The van der Waals surface area contributed by atoms with E-state index in [1.54, 1.807) is 0 Å². The van der Waals surface area contributed by atoms with Gasteiger partial charge in [-0.25, -0.2) is 22.7 Å². The molecule has 0 saturated heterocycles. The number of hydrogen-bond donors (Lipinski definition) is 2. The second kappa shape index (κ2) is 11.1. The van der Waals surface area contributed by atoms with E-state index < -0.39 is 28.0 Å². The molecule has 0 aromatic heterocycles. The van der Waals surface area contributed by atoms with Gasteiger partial charge in [-0.15, -0.1) is 12.4 Å². The fraction of sp³-hybridized carbons (Fsp3) is 0.500. The Kier molecular flexibility index (Phi) is 10.4. The van der Waals surface area contributed by atoms with Crippen LogP contribution in [-0.2, 0) is 19.5 Å². The number of nitrogens with two attached hydrogens (primary N) is 1. The minimum absolute atomic E-state index is 0. The van der Waals surface area contributed by atoms with Gasteiger partial charge in [-0.3, -0.25) is 0 Å². The van der Waals surface area contributed by atoms with Crippen LogP contribution in [0.15, 0.2) is 23.1 Å². The predicted octanol–water partition coefficient (Wildman–Crippen LogP) is 1.48. The van der Waals surface area contributed by atoms with Crippen LogP contribution in [0, 0.1) is 0 Å². The normalized spacial score (nSPS) is 12.0. The summed E-state index contributed by atoms with van der Waals surface area (Å²) in [5.74, 6) is -1.52. The third kappa shape index (κ3) is 6.56. The maximum absolute atomic E-state index is 12.6. The highest BCUT2D eigenvalue weighted by atomic mass is 35.5. The molecule has 8 nitrogen and oxygen atoms in total. The van der Waals surface area contributed by atoms with Crippen molar-refractivity contribution in [3.63, 3.8) is 0 Å². The van der Waals surface area contributed by atoms with Gasteiger partial charge < -0.3 is 15.2 Å². The van der Waals surface area contributed by atoms with Crippen molar-refractivity contribution in [2.45, 2.75) is 37.1 Å². The van der Waals surface area contributed by atoms with Crippen molar-refractivity contribution in [2.75, 3.05) is 20.8 Å². The third-order valence-electron chi connectivity index (χ3n) is 3.57. The SMILES string of the molecule is CCCCC(CN)NS(=O)(=O)c1cc(C(=O)OC)cc(C(=O)OC)c1.Cl. The van der Waals surface area contributed by atoms with Crippen molar-refractivity contribution in [3.05, 3.63) is 29.3 Å². The molecule has 0 aliphatic carbocycles. The molecule has 1 rings (SSSR count). The summed E-state index contributed by atoms with van der Waals surface area (Å²) < 4.78 is 36.9. The van der Waals surface area contributed by atoms with Gasteiger partial charge in [-0.1, -0.05) is 19.8 Å². The summed E-state index contributed by atoms with van der Waals surface area (Å²) in [5.41, 5.74) is 5.49. The van der Waals surface area contributed by atoms with Gasteiger partial charge in [-0.05, 0) is 24.6 Å². The van der Waals surface area contributed by atoms with Crippen molar-refractivity contribution in [3.8, 4) is 0 Å². The van der Waals surface area contributed by atoms with Crippen LogP contribution in [0.4, 0.5) is 0 Å². The smallest absolute Gasteiger partial charge is 0.337 e. The molecule has 1 aromatic rings. The Morgan fingerprint density at radius 1 is 1.12 bits per heavy atom. The Morgan fingerprint density at radius 2 is 1.62 bits per heavy atom. The van der Waals surface area contributed by atoms with E-state index >= 15 is 0 Å². The number of sulfonamides is 1. The first-order valence-corrected chi connectivity index (χ1v) is 9.31. The van der Waals surface area contributed by atoms with Crippen LogP contribution in [0.5, 0.6) is 0 Å². The molecule has 0 heterocycles. The highest BCUT2D eigenvalue weighted by Crippen LogP contribution is 2.18. The average Bonchev–Trinajstić information content (AvgIpc) is 2.63. The minimum atomic E-state index is -3.98. The zero-order valence-corrected chi connectivity index (χ0v) is 16.6. The molecule has 1 atom stereocenters. The average molecular weight is 409 g/mol. The van der Waals surface area contributed by atoms with E-state index in [1.165, 1.54) is 6.07 Å². The molecule has 10 heteroatoms. The molecule has 148 valence electrons. The summed E-state index contributed by atoms with van der Waals surface area (Å²) in [7, 11) is -1.65. The lowest BCUT2D eigenvalue weighted by Crippen LogP contribution is -2.40. The lowest BCUT2D eigenvalue weighted by Gasteiger charge is -2.17. The number of ether oxygens (including phenoxy) is 2. The maximum Gasteiger partial charge on any atom is 0.337 e.